The van der Waals surface area contributed by atoms with Crippen LogP contribution in [-0.4, -0.2) is 28.4 Å². The summed E-state index contributed by atoms with van der Waals surface area (Å²) in [6, 6.07) is 14.4. The highest BCUT2D eigenvalue weighted by Gasteiger charge is 2.28. The monoisotopic (exact) mass is 295 g/mol. The zero-order valence-electron chi connectivity index (χ0n) is 12.6. The minimum Gasteiger partial charge on any atom is -0.366 e. The lowest BCUT2D eigenvalue weighted by Gasteiger charge is -2.22. The zero-order valence-corrected chi connectivity index (χ0v) is 12.6. The van der Waals surface area contributed by atoms with Crippen LogP contribution in [0.25, 0.3) is 0 Å². The molecule has 2 N–H and O–H groups in total. The number of hydrogen-bond acceptors (Lipinski definition) is 3. The van der Waals surface area contributed by atoms with Crippen LogP contribution in [0.15, 0.2) is 48.7 Å². The van der Waals surface area contributed by atoms with Gasteiger partial charge in [0, 0.05) is 43.0 Å². The third kappa shape index (κ3) is 3.92. The highest BCUT2D eigenvalue weighted by molar-refractivity contribution is 5.92. The molecule has 1 fully saturated rings. The summed E-state index contributed by atoms with van der Waals surface area (Å²) in [6.45, 7) is 1.93. The second-order valence-corrected chi connectivity index (χ2v) is 5.83. The molecule has 114 valence electrons. The standard InChI is InChI=1S/C18H21N3O/c19-18(22)15-6-4-14(5-7-15)13-21(17-8-9-17)12-10-16-3-1-2-11-20-16/h1-7,11,17H,8-10,12-13H2,(H2,19,22). The van der Waals surface area contributed by atoms with Crippen LogP contribution in [0.4, 0.5) is 0 Å². The molecule has 0 unspecified atom stereocenters. The first-order chi connectivity index (χ1) is 10.7. The molecule has 4 nitrogen and oxygen atoms in total. The van der Waals surface area contributed by atoms with Gasteiger partial charge in [-0.25, -0.2) is 0 Å². The second kappa shape index (κ2) is 6.71. The highest BCUT2D eigenvalue weighted by atomic mass is 16.1. The lowest BCUT2D eigenvalue weighted by atomic mass is 10.1. The van der Waals surface area contributed by atoms with Gasteiger partial charge in [0.1, 0.15) is 0 Å². The molecule has 2 aromatic rings. The molecule has 1 aliphatic carbocycles. The van der Waals surface area contributed by atoms with Crippen molar-refractivity contribution in [2.45, 2.75) is 31.8 Å². The Morgan fingerprint density at radius 2 is 1.95 bits per heavy atom. The van der Waals surface area contributed by atoms with Gasteiger partial charge in [-0.15, -0.1) is 0 Å². The van der Waals surface area contributed by atoms with Crippen LogP contribution in [0.5, 0.6) is 0 Å². The van der Waals surface area contributed by atoms with Crippen LogP contribution in [0.1, 0.15) is 34.5 Å². The fourth-order valence-corrected chi connectivity index (χ4v) is 2.64. The summed E-state index contributed by atoms with van der Waals surface area (Å²) in [7, 11) is 0. The van der Waals surface area contributed by atoms with Crippen LogP contribution < -0.4 is 5.73 Å². The van der Waals surface area contributed by atoms with Crippen LogP contribution >= 0.6 is 0 Å². The Bertz CT molecular complexity index is 621. The summed E-state index contributed by atoms with van der Waals surface area (Å²) in [5, 5.41) is 0. The van der Waals surface area contributed by atoms with Gasteiger partial charge in [0.25, 0.3) is 0 Å². The van der Waals surface area contributed by atoms with E-state index in [1.807, 2.05) is 42.6 Å². The van der Waals surface area contributed by atoms with Crippen molar-refractivity contribution in [1.29, 1.82) is 0 Å². The number of nitrogens with two attached hydrogens (primary N) is 1. The number of carbonyl (C=O) groups is 1. The van der Waals surface area contributed by atoms with Crippen molar-refractivity contribution in [1.82, 2.24) is 9.88 Å². The summed E-state index contributed by atoms with van der Waals surface area (Å²) in [4.78, 5) is 18.0. The van der Waals surface area contributed by atoms with Gasteiger partial charge in [-0.2, -0.15) is 0 Å². The van der Waals surface area contributed by atoms with Crippen LogP contribution in [-0.2, 0) is 13.0 Å². The van der Waals surface area contributed by atoms with Gasteiger partial charge >= 0.3 is 0 Å². The van der Waals surface area contributed by atoms with E-state index >= 15 is 0 Å². The number of pyridine rings is 1. The molecule has 0 spiro atoms. The van der Waals surface area contributed by atoms with Gasteiger partial charge in [0.05, 0.1) is 0 Å². The van der Waals surface area contributed by atoms with Crippen molar-refractivity contribution in [2.24, 2.45) is 5.73 Å². The first-order valence-electron chi connectivity index (χ1n) is 7.75. The molecule has 0 aliphatic heterocycles. The molecule has 1 aromatic heterocycles. The molecule has 4 heteroatoms. The van der Waals surface area contributed by atoms with Gasteiger partial charge in [0.15, 0.2) is 0 Å². The number of nitrogens with zero attached hydrogens (tertiary/aromatic N) is 2. The highest BCUT2D eigenvalue weighted by Crippen LogP contribution is 2.28. The van der Waals surface area contributed by atoms with E-state index in [0.717, 1.165) is 25.2 Å². The summed E-state index contributed by atoms with van der Waals surface area (Å²) in [6.07, 6.45) is 5.37. The van der Waals surface area contributed by atoms with Crippen LogP contribution in [0, 0.1) is 0 Å². The van der Waals surface area contributed by atoms with Gasteiger partial charge in [-0.1, -0.05) is 18.2 Å². The SMILES string of the molecule is NC(=O)c1ccc(CN(CCc2ccccn2)C2CC2)cc1. The van der Waals surface area contributed by atoms with Crippen LogP contribution in [0.3, 0.4) is 0 Å². The van der Waals surface area contributed by atoms with Crippen molar-refractivity contribution in [2.75, 3.05) is 6.54 Å². The Morgan fingerprint density at radius 3 is 2.55 bits per heavy atom. The van der Waals surface area contributed by atoms with Crippen LogP contribution in [0.2, 0.25) is 0 Å². The first kappa shape index (κ1) is 14.7. The molecule has 1 saturated carbocycles. The first-order valence-corrected chi connectivity index (χ1v) is 7.75. The minimum absolute atomic E-state index is 0.374. The number of hydrogen-bond donors (Lipinski definition) is 1. The van der Waals surface area contributed by atoms with Gasteiger partial charge < -0.3 is 5.73 Å². The van der Waals surface area contributed by atoms with Crippen molar-refractivity contribution >= 4 is 5.91 Å². The summed E-state index contributed by atoms with van der Waals surface area (Å²) in [5.74, 6) is -0.374. The molecular weight excluding hydrogens is 274 g/mol. The molecule has 22 heavy (non-hydrogen) atoms. The number of rotatable bonds is 7. The lowest BCUT2D eigenvalue weighted by Crippen LogP contribution is -2.28. The van der Waals surface area contributed by atoms with Gasteiger partial charge in [-0.3, -0.25) is 14.7 Å². The summed E-state index contributed by atoms with van der Waals surface area (Å²) < 4.78 is 0. The molecular formula is C18H21N3O. The predicted molar refractivity (Wildman–Crippen MR) is 86.3 cm³/mol. The van der Waals surface area contributed by atoms with Crippen molar-refractivity contribution in [3.63, 3.8) is 0 Å². The molecule has 0 saturated heterocycles. The minimum atomic E-state index is -0.374. The molecule has 0 atom stereocenters. The van der Waals surface area contributed by atoms with E-state index < -0.39 is 0 Å². The molecule has 1 aromatic carbocycles. The van der Waals surface area contributed by atoms with Gasteiger partial charge in [0.2, 0.25) is 5.91 Å². The Balaban J connectivity index is 1.60. The van der Waals surface area contributed by atoms with Crippen molar-refractivity contribution in [3.05, 3.63) is 65.5 Å². The van der Waals surface area contributed by atoms with Crippen molar-refractivity contribution < 1.29 is 4.79 Å². The number of carbonyl (C=O) groups excluding carboxylic acids is 1. The van der Waals surface area contributed by atoms with E-state index in [2.05, 4.69) is 16.0 Å². The zero-order chi connectivity index (χ0) is 15.4. The summed E-state index contributed by atoms with van der Waals surface area (Å²) in [5.41, 5.74) is 8.20. The summed E-state index contributed by atoms with van der Waals surface area (Å²) >= 11 is 0. The van der Waals surface area contributed by atoms with Crippen molar-refractivity contribution in [3.8, 4) is 0 Å². The van der Waals surface area contributed by atoms with E-state index in [9.17, 15) is 4.79 Å². The quantitative estimate of drug-likeness (QED) is 0.853. The molecule has 0 bridgehead atoms. The van der Waals surface area contributed by atoms with Gasteiger partial charge in [-0.05, 0) is 42.7 Å². The number of benzene rings is 1. The normalized spacial score (nSPS) is 14.2. The third-order valence-electron chi connectivity index (χ3n) is 4.07. The molecule has 3 rings (SSSR count). The Kier molecular flexibility index (Phi) is 4.49. The maximum absolute atomic E-state index is 11.1. The molecule has 1 amide bonds. The van der Waals surface area contributed by atoms with E-state index in [1.54, 1.807) is 0 Å². The van der Waals surface area contributed by atoms with E-state index in [-0.39, 0.29) is 5.91 Å². The lowest BCUT2D eigenvalue weighted by molar-refractivity contribution is 0.100. The Hall–Kier alpha value is -2.20. The fraction of sp³-hybridized carbons (Fsp3) is 0.333. The smallest absolute Gasteiger partial charge is 0.248 e. The average Bonchev–Trinajstić information content (AvgIpc) is 3.38. The number of amides is 1. The Morgan fingerprint density at radius 1 is 1.18 bits per heavy atom. The molecule has 1 heterocycles. The number of aromatic nitrogens is 1. The number of primary amides is 1. The Labute approximate surface area is 131 Å². The van der Waals surface area contributed by atoms with E-state index in [4.69, 9.17) is 5.73 Å². The topological polar surface area (TPSA) is 59.2 Å². The predicted octanol–water partition coefficient (Wildman–Crippen LogP) is 2.39. The third-order valence-corrected chi connectivity index (χ3v) is 4.07. The van der Waals surface area contributed by atoms with E-state index in [0.29, 0.717) is 11.6 Å². The second-order valence-electron chi connectivity index (χ2n) is 5.83. The maximum atomic E-state index is 11.1. The maximum Gasteiger partial charge on any atom is 0.248 e. The molecule has 0 radical (unpaired) electrons. The fourth-order valence-electron chi connectivity index (χ4n) is 2.64. The largest absolute Gasteiger partial charge is 0.366 e. The van der Waals surface area contributed by atoms with E-state index in [1.165, 1.54) is 18.4 Å². The average molecular weight is 295 g/mol. The molecule has 1 aliphatic rings.